The minimum absolute atomic E-state index is 0.186. The van der Waals surface area contributed by atoms with Gasteiger partial charge in [0.05, 0.1) is 6.54 Å². The van der Waals surface area contributed by atoms with Gasteiger partial charge in [-0.3, -0.25) is 9.69 Å². The maximum Gasteiger partial charge on any atom is 0.236 e. The molecule has 0 radical (unpaired) electrons. The van der Waals surface area contributed by atoms with Crippen molar-refractivity contribution in [1.82, 2.24) is 14.7 Å². The first kappa shape index (κ1) is 14.4. The van der Waals surface area contributed by atoms with Crippen LogP contribution in [0.2, 0.25) is 0 Å². The lowest BCUT2D eigenvalue weighted by molar-refractivity contribution is -0.132. The van der Waals surface area contributed by atoms with Crippen LogP contribution in [0.25, 0.3) is 0 Å². The summed E-state index contributed by atoms with van der Waals surface area (Å²) < 4.78 is 0. The smallest absolute Gasteiger partial charge is 0.236 e. The second-order valence-electron chi connectivity index (χ2n) is 4.64. The lowest BCUT2D eigenvalue weighted by Gasteiger charge is -2.25. The number of nitrogens with zero attached hydrogens (tertiary/aromatic N) is 3. The molecule has 0 aromatic heterocycles. The van der Waals surface area contributed by atoms with E-state index in [1.807, 2.05) is 42.0 Å². The Balaban J connectivity index is 3.85. The average molecular weight is 215 g/mol. The third-order valence-electron chi connectivity index (χ3n) is 2.50. The molecule has 0 heterocycles. The van der Waals surface area contributed by atoms with Crippen molar-refractivity contribution >= 4 is 5.91 Å². The summed E-state index contributed by atoms with van der Waals surface area (Å²) in [4.78, 5) is 17.7. The first-order valence-corrected chi connectivity index (χ1v) is 5.43. The molecule has 4 nitrogen and oxygen atoms in total. The highest BCUT2D eigenvalue weighted by molar-refractivity contribution is 5.78. The normalized spacial score (nSPS) is 11.5. The predicted molar refractivity (Wildman–Crippen MR) is 64.0 cm³/mol. The molecule has 0 aromatic rings. The SMILES string of the molecule is CC(C)N(C)C(=O)CN(C)CCN(C)C. The molecule has 0 aliphatic rings. The van der Waals surface area contributed by atoms with Crippen molar-refractivity contribution in [3.63, 3.8) is 0 Å². The molecule has 15 heavy (non-hydrogen) atoms. The zero-order valence-corrected chi connectivity index (χ0v) is 10.9. The van der Waals surface area contributed by atoms with Crippen molar-refractivity contribution in [1.29, 1.82) is 0 Å². The summed E-state index contributed by atoms with van der Waals surface area (Å²) in [6.45, 7) is 6.46. The van der Waals surface area contributed by atoms with Gasteiger partial charge in [0, 0.05) is 26.2 Å². The maximum atomic E-state index is 11.7. The topological polar surface area (TPSA) is 26.8 Å². The zero-order chi connectivity index (χ0) is 12.0. The zero-order valence-electron chi connectivity index (χ0n) is 10.9. The summed E-state index contributed by atoms with van der Waals surface area (Å²) in [5, 5.41) is 0. The third-order valence-corrected chi connectivity index (χ3v) is 2.50. The quantitative estimate of drug-likeness (QED) is 0.639. The van der Waals surface area contributed by atoms with E-state index in [1.54, 1.807) is 4.90 Å². The van der Waals surface area contributed by atoms with Crippen molar-refractivity contribution in [3.8, 4) is 0 Å². The Kier molecular flexibility index (Phi) is 6.52. The van der Waals surface area contributed by atoms with Crippen LogP contribution >= 0.6 is 0 Å². The van der Waals surface area contributed by atoms with Crippen molar-refractivity contribution < 1.29 is 4.79 Å². The van der Waals surface area contributed by atoms with Crippen LogP contribution in [0.5, 0.6) is 0 Å². The fourth-order valence-electron chi connectivity index (χ4n) is 1.08. The second kappa shape index (κ2) is 6.80. The molecule has 0 unspecified atom stereocenters. The predicted octanol–water partition coefficient (Wildman–Crippen LogP) is 0.347. The largest absolute Gasteiger partial charge is 0.342 e. The molecule has 0 saturated heterocycles. The molecule has 0 N–H and O–H groups in total. The standard InChI is InChI=1S/C11H25N3O/c1-10(2)14(6)11(15)9-13(5)8-7-12(3)4/h10H,7-9H2,1-6H3. The highest BCUT2D eigenvalue weighted by atomic mass is 16.2. The molecule has 90 valence electrons. The van der Waals surface area contributed by atoms with Gasteiger partial charge in [-0.2, -0.15) is 0 Å². The van der Waals surface area contributed by atoms with Gasteiger partial charge in [0.15, 0.2) is 0 Å². The first-order valence-electron chi connectivity index (χ1n) is 5.43. The number of hydrogen-bond donors (Lipinski definition) is 0. The summed E-state index contributed by atoms with van der Waals surface area (Å²) in [6, 6.07) is 0.278. The number of rotatable bonds is 6. The average Bonchev–Trinajstić information content (AvgIpc) is 2.13. The molecule has 1 amide bonds. The van der Waals surface area contributed by atoms with Gasteiger partial charge in [-0.15, -0.1) is 0 Å². The molecule has 0 spiro atoms. The first-order chi connectivity index (χ1) is 6.84. The van der Waals surface area contributed by atoms with Gasteiger partial charge in [-0.05, 0) is 35.0 Å². The third kappa shape index (κ3) is 6.47. The van der Waals surface area contributed by atoms with E-state index in [4.69, 9.17) is 0 Å². The van der Waals surface area contributed by atoms with Gasteiger partial charge in [-0.25, -0.2) is 0 Å². The molecule has 4 heteroatoms. The van der Waals surface area contributed by atoms with Gasteiger partial charge < -0.3 is 9.80 Å². The van der Waals surface area contributed by atoms with Crippen molar-refractivity contribution in [2.45, 2.75) is 19.9 Å². The molecule has 0 fully saturated rings. The summed E-state index contributed by atoms with van der Waals surface area (Å²) in [5.41, 5.74) is 0. The van der Waals surface area contributed by atoms with Crippen LogP contribution < -0.4 is 0 Å². The van der Waals surface area contributed by atoms with Gasteiger partial charge >= 0.3 is 0 Å². The fraction of sp³-hybridized carbons (Fsp3) is 0.909. The monoisotopic (exact) mass is 215 g/mol. The lowest BCUT2D eigenvalue weighted by atomic mass is 10.3. The molecule has 0 aliphatic carbocycles. The van der Waals surface area contributed by atoms with Crippen molar-refractivity contribution in [2.75, 3.05) is 47.8 Å². The van der Waals surface area contributed by atoms with E-state index in [-0.39, 0.29) is 11.9 Å². The van der Waals surface area contributed by atoms with Gasteiger partial charge in [0.1, 0.15) is 0 Å². The van der Waals surface area contributed by atoms with Gasteiger partial charge in [0.2, 0.25) is 5.91 Å². The van der Waals surface area contributed by atoms with E-state index in [1.165, 1.54) is 0 Å². The van der Waals surface area contributed by atoms with Crippen LogP contribution in [-0.2, 0) is 4.79 Å². The van der Waals surface area contributed by atoms with E-state index >= 15 is 0 Å². The molecular formula is C11H25N3O. The van der Waals surface area contributed by atoms with E-state index in [2.05, 4.69) is 9.80 Å². The Morgan fingerprint density at radius 2 is 1.60 bits per heavy atom. The van der Waals surface area contributed by atoms with Crippen molar-refractivity contribution in [3.05, 3.63) is 0 Å². The van der Waals surface area contributed by atoms with Crippen LogP contribution in [0, 0.1) is 0 Å². The minimum atomic E-state index is 0.186. The highest BCUT2D eigenvalue weighted by Gasteiger charge is 2.13. The van der Waals surface area contributed by atoms with Crippen LogP contribution in [0.3, 0.4) is 0 Å². The summed E-state index contributed by atoms with van der Waals surface area (Å²) in [7, 11) is 7.91. The van der Waals surface area contributed by atoms with E-state index in [0.29, 0.717) is 6.54 Å². The maximum absolute atomic E-state index is 11.7. The second-order valence-corrected chi connectivity index (χ2v) is 4.64. The number of carbonyl (C=O) groups excluding carboxylic acids is 1. The van der Waals surface area contributed by atoms with Crippen LogP contribution in [-0.4, -0.2) is 74.5 Å². The molecule has 0 rings (SSSR count). The molecule has 0 atom stereocenters. The number of amides is 1. The molecule has 0 aromatic carbocycles. The fourth-order valence-corrected chi connectivity index (χ4v) is 1.08. The Morgan fingerprint density at radius 1 is 1.07 bits per heavy atom. The molecule has 0 aliphatic heterocycles. The summed E-state index contributed by atoms with van der Waals surface area (Å²) >= 11 is 0. The van der Waals surface area contributed by atoms with Gasteiger partial charge in [-0.1, -0.05) is 0 Å². The summed E-state index contributed by atoms with van der Waals surface area (Å²) in [5.74, 6) is 0.186. The van der Waals surface area contributed by atoms with E-state index < -0.39 is 0 Å². The number of hydrogen-bond acceptors (Lipinski definition) is 3. The van der Waals surface area contributed by atoms with E-state index in [9.17, 15) is 4.79 Å². The Hall–Kier alpha value is -0.610. The Labute approximate surface area is 93.8 Å². The van der Waals surface area contributed by atoms with Gasteiger partial charge in [0.25, 0.3) is 0 Å². The Morgan fingerprint density at radius 3 is 2.00 bits per heavy atom. The molecule has 0 bridgehead atoms. The molecule has 0 saturated carbocycles. The minimum Gasteiger partial charge on any atom is -0.342 e. The van der Waals surface area contributed by atoms with Crippen molar-refractivity contribution in [2.24, 2.45) is 0 Å². The molecular weight excluding hydrogens is 190 g/mol. The number of likely N-dealkylation sites (N-methyl/N-ethyl adjacent to an activating group) is 3. The van der Waals surface area contributed by atoms with Crippen LogP contribution in [0.15, 0.2) is 0 Å². The number of carbonyl (C=O) groups is 1. The lowest BCUT2D eigenvalue weighted by Crippen LogP contribution is -2.41. The van der Waals surface area contributed by atoms with Crippen LogP contribution in [0.4, 0.5) is 0 Å². The summed E-state index contributed by atoms with van der Waals surface area (Å²) in [6.07, 6.45) is 0. The van der Waals surface area contributed by atoms with Crippen LogP contribution in [0.1, 0.15) is 13.8 Å². The van der Waals surface area contributed by atoms with E-state index in [0.717, 1.165) is 13.1 Å². The Bertz CT molecular complexity index is 192. The highest BCUT2D eigenvalue weighted by Crippen LogP contribution is 1.96.